The van der Waals surface area contributed by atoms with Crippen molar-refractivity contribution in [3.63, 3.8) is 0 Å². The Kier molecular flexibility index (Phi) is 4.19. The van der Waals surface area contributed by atoms with Crippen molar-refractivity contribution >= 4 is 11.9 Å². The summed E-state index contributed by atoms with van der Waals surface area (Å²) >= 11 is 0. The standard InChI is InChI=1S/C18H20N2O3/c1-12-14(18(22)23)8-5-11-20(12)17(21)16-10-9-15(19-16)13-6-3-2-4-7-13/h2-4,6-7,9-10,12,14,19H,5,8,11H2,1H3,(H,22,23)/t12-,14-/m1/s1. The first-order valence-electron chi connectivity index (χ1n) is 7.86. The molecule has 1 aliphatic heterocycles. The number of hydrogen-bond acceptors (Lipinski definition) is 2. The number of rotatable bonds is 3. The van der Waals surface area contributed by atoms with E-state index in [0.717, 1.165) is 17.7 Å². The first kappa shape index (κ1) is 15.3. The number of nitrogens with one attached hydrogen (secondary N) is 1. The molecule has 0 saturated carbocycles. The van der Waals surface area contributed by atoms with Gasteiger partial charge in [0.1, 0.15) is 5.69 Å². The Balaban J connectivity index is 1.81. The zero-order valence-corrected chi connectivity index (χ0v) is 13.0. The van der Waals surface area contributed by atoms with E-state index >= 15 is 0 Å². The highest BCUT2D eigenvalue weighted by atomic mass is 16.4. The Labute approximate surface area is 134 Å². The second kappa shape index (κ2) is 6.28. The van der Waals surface area contributed by atoms with Crippen molar-refractivity contribution in [2.24, 2.45) is 5.92 Å². The lowest BCUT2D eigenvalue weighted by Gasteiger charge is -2.37. The Hall–Kier alpha value is -2.56. The summed E-state index contributed by atoms with van der Waals surface area (Å²) in [5.41, 5.74) is 2.40. The largest absolute Gasteiger partial charge is 0.481 e. The topological polar surface area (TPSA) is 73.4 Å². The first-order valence-corrected chi connectivity index (χ1v) is 7.86. The molecule has 0 radical (unpaired) electrons. The second-order valence-corrected chi connectivity index (χ2v) is 5.98. The van der Waals surface area contributed by atoms with E-state index in [1.54, 1.807) is 11.0 Å². The lowest BCUT2D eigenvalue weighted by atomic mass is 9.90. The quantitative estimate of drug-likeness (QED) is 0.915. The van der Waals surface area contributed by atoms with Crippen molar-refractivity contribution < 1.29 is 14.7 Å². The molecule has 0 aliphatic carbocycles. The lowest BCUT2D eigenvalue weighted by Crippen LogP contribution is -2.49. The molecule has 1 aromatic heterocycles. The van der Waals surface area contributed by atoms with Crippen molar-refractivity contribution in [3.05, 3.63) is 48.2 Å². The molecule has 1 saturated heterocycles. The van der Waals surface area contributed by atoms with Crippen LogP contribution in [0.3, 0.4) is 0 Å². The molecule has 1 fully saturated rings. The van der Waals surface area contributed by atoms with Gasteiger partial charge in [-0.3, -0.25) is 9.59 Å². The summed E-state index contributed by atoms with van der Waals surface area (Å²) in [5.74, 6) is -1.45. The van der Waals surface area contributed by atoms with Crippen molar-refractivity contribution in [1.82, 2.24) is 9.88 Å². The zero-order valence-electron chi connectivity index (χ0n) is 13.0. The van der Waals surface area contributed by atoms with Crippen molar-refractivity contribution in [2.45, 2.75) is 25.8 Å². The summed E-state index contributed by atoms with van der Waals surface area (Å²) in [6.45, 7) is 2.42. The van der Waals surface area contributed by atoms with Gasteiger partial charge < -0.3 is 15.0 Å². The van der Waals surface area contributed by atoms with Gasteiger partial charge in [0.25, 0.3) is 5.91 Å². The Morgan fingerprint density at radius 2 is 1.91 bits per heavy atom. The van der Waals surface area contributed by atoms with Gasteiger partial charge in [-0.25, -0.2) is 0 Å². The van der Waals surface area contributed by atoms with E-state index in [4.69, 9.17) is 0 Å². The first-order chi connectivity index (χ1) is 11.1. The molecule has 2 N–H and O–H groups in total. The number of amides is 1. The molecule has 0 spiro atoms. The second-order valence-electron chi connectivity index (χ2n) is 5.98. The minimum Gasteiger partial charge on any atom is -0.481 e. The molecular weight excluding hydrogens is 292 g/mol. The number of nitrogens with zero attached hydrogens (tertiary/aromatic N) is 1. The molecular formula is C18H20N2O3. The number of benzene rings is 1. The summed E-state index contributed by atoms with van der Waals surface area (Å²) in [4.78, 5) is 28.9. The van der Waals surface area contributed by atoms with Gasteiger partial charge in [-0.2, -0.15) is 0 Å². The highest BCUT2D eigenvalue weighted by Crippen LogP contribution is 2.26. The van der Waals surface area contributed by atoms with Crippen LogP contribution < -0.4 is 0 Å². The van der Waals surface area contributed by atoms with E-state index in [1.165, 1.54) is 0 Å². The Bertz CT molecular complexity index is 708. The average molecular weight is 312 g/mol. The molecule has 1 amide bonds. The van der Waals surface area contributed by atoms with Gasteiger partial charge in [0, 0.05) is 18.3 Å². The summed E-state index contributed by atoms with van der Waals surface area (Å²) in [5, 5.41) is 9.29. The fourth-order valence-corrected chi connectivity index (χ4v) is 3.22. The van der Waals surface area contributed by atoms with Gasteiger partial charge in [0.15, 0.2) is 0 Å². The van der Waals surface area contributed by atoms with Crippen LogP contribution in [0.25, 0.3) is 11.3 Å². The number of carboxylic acids is 1. The van der Waals surface area contributed by atoms with Crippen molar-refractivity contribution in [2.75, 3.05) is 6.54 Å². The fourth-order valence-electron chi connectivity index (χ4n) is 3.22. The van der Waals surface area contributed by atoms with Gasteiger partial charge in [0.2, 0.25) is 0 Å². The number of carbonyl (C=O) groups is 2. The minimum atomic E-state index is -0.827. The number of aromatic nitrogens is 1. The predicted octanol–water partition coefficient (Wildman–Crippen LogP) is 3.01. The lowest BCUT2D eigenvalue weighted by molar-refractivity contribution is -0.144. The molecule has 0 bridgehead atoms. The predicted molar refractivity (Wildman–Crippen MR) is 87.1 cm³/mol. The molecule has 23 heavy (non-hydrogen) atoms. The van der Waals surface area contributed by atoms with Crippen LogP contribution in [-0.2, 0) is 4.79 Å². The van der Waals surface area contributed by atoms with Crippen molar-refractivity contribution in [3.8, 4) is 11.3 Å². The number of aliphatic carboxylic acids is 1. The van der Waals surface area contributed by atoms with Crippen molar-refractivity contribution in [1.29, 1.82) is 0 Å². The molecule has 1 aliphatic rings. The Morgan fingerprint density at radius 1 is 1.17 bits per heavy atom. The molecule has 5 nitrogen and oxygen atoms in total. The molecule has 2 heterocycles. The highest BCUT2D eigenvalue weighted by Gasteiger charge is 2.35. The number of carboxylic acid groups (broad SMARTS) is 1. The maximum atomic E-state index is 12.7. The number of hydrogen-bond donors (Lipinski definition) is 2. The average Bonchev–Trinajstić information content (AvgIpc) is 3.05. The summed E-state index contributed by atoms with van der Waals surface area (Å²) in [6, 6.07) is 13.1. The smallest absolute Gasteiger partial charge is 0.308 e. The number of piperidine rings is 1. The van der Waals surface area contributed by atoms with E-state index in [1.807, 2.05) is 43.3 Å². The highest BCUT2D eigenvalue weighted by molar-refractivity contribution is 5.94. The summed E-state index contributed by atoms with van der Waals surface area (Å²) in [6.07, 6.45) is 1.35. The van der Waals surface area contributed by atoms with Crippen LogP contribution >= 0.6 is 0 Å². The van der Waals surface area contributed by atoms with E-state index in [-0.39, 0.29) is 11.9 Å². The van der Waals surface area contributed by atoms with Gasteiger partial charge >= 0.3 is 5.97 Å². The molecule has 120 valence electrons. The zero-order chi connectivity index (χ0) is 16.4. The monoisotopic (exact) mass is 312 g/mol. The molecule has 0 unspecified atom stereocenters. The molecule has 1 aromatic carbocycles. The minimum absolute atomic E-state index is 0.134. The third-order valence-corrected chi connectivity index (χ3v) is 4.57. The van der Waals surface area contributed by atoms with Gasteiger partial charge in [-0.1, -0.05) is 30.3 Å². The Morgan fingerprint density at radius 3 is 2.61 bits per heavy atom. The summed E-state index contributed by atoms with van der Waals surface area (Å²) in [7, 11) is 0. The number of likely N-dealkylation sites (tertiary alicyclic amines) is 1. The SMILES string of the molecule is C[C@@H]1[C@H](C(=O)O)CCCN1C(=O)c1ccc(-c2ccccc2)[nH]1. The molecule has 5 heteroatoms. The van der Waals surface area contributed by atoms with Gasteiger partial charge in [-0.05, 0) is 37.5 Å². The van der Waals surface area contributed by atoms with Crippen LogP contribution in [0.2, 0.25) is 0 Å². The number of carbonyl (C=O) groups excluding carboxylic acids is 1. The van der Waals surface area contributed by atoms with Crippen LogP contribution in [0.1, 0.15) is 30.3 Å². The third kappa shape index (κ3) is 2.99. The number of aromatic amines is 1. The number of H-pyrrole nitrogens is 1. The summed E-state index contributed by atoms with van der Waals surface area (Å²) < 4.78 is 0. The van der Waals surface area contributed by atoms with Crippen LogP contribution in [0.5, 0.6) is 0 Å². The van der Waals surface area contributed by atoms with Crippen LogP contribution in [-0.4, -0.2) is 39.5 Å². The van der Waals surface area contributed by atoms with Gasteiger partial charge in [-0.15, -0.1) is 0 Å². The maximum absolute atomic E-state index is 12.7. The van der Waals surface area contributed by atoms with Gasteiger partial charge in [0.05, 0.1) is 5.92 Å². The third-order valence-electron chi connectivity index (χ3n) is 4.57. The molecule has 2 atom stereocenters. The van der Waals surface area contributed by atoms with Crippen LogP contribution in [0, 0.1) is 5.92 Å². The van der Waals surface area contributed by atoms with E-state index < -0.39 is 11.9 Å². The maximum Gasteiger partial charge on any atom is 0.308 e. The normalized spacial score (nSPS) is 21.2. The molecule has 2 aromatic rings. The molecule has 3 rings (SSSR count). The fraction of sp³-hybridized carbons (Fsp3) is 0.333. The van der Waals surface area contributed by atoms with E-state index in [0.29, 0.717) is 18.7 Å². The van der Waals surface area contributed by atoms with Crippen LogP contribution in [0.15, 0.2) is 42.5 Å². The van der Waals surface area contributed by atoms with E-state index in [2.05, 4.69) is 4.98 Å². The van der Waals surface area contributed by atoms with Crippen LogP contribution in [0.4, 0.5) is 0 Å². The van der Waals surface area contributed by atoms with E-state index in [9.17, 15) is 14.7 Å².